The van der Waals surface area contributed by atoms with Crippen LogP contribution in [0.25, 0.3) is 0 Å². The lowest BCUT2D eigenvalue weighted by Gasteiger charge is -2.23. The smallest absolute Gasteiger partial charge is 0.320 e. The van der Waals surface area contributed by atoms with Crippen LogP contribution in [0.3, 0.4) is 0 Å². The molecule has 0 aromatic heterocycles. The lowest BCUT2D eigenvalue weighted by molar-refractivity contribution is 0.209. The highest BCUT2D eigenvalue weighted by Crippen LogP contribution is 2.18. The minimum atomic E-state index is -3.67. The van der Waals surface area contributed by atoms with Gasteiger partial charge in [0.05, 0.1) is 4.90 Å². The Labute approximate surface area is 168 Å². The van der Waals surface area contributed by atoms with Crippen molar-refractivity contribution in [3.05, 3.63) is 60.2 Å². The Morgan fingerprint density at radius 3 is 2.32 bits per heavy atom. The normalized spacial score (nSPS) is 11.9. The van der Waals surface area contributed by atoms with E-state index in [1.54, 1.807) is 37.8 Å². The molecule has 0 saturated carbocycles. The molecule has 6 nitrogen and oxygen atoms in total. The number of amides is 2. The zero-order valence-corrected chi connectivity index (χ0v) is 17.7. The minimum Gasteiger partial charge on any atom is -0.320 e. The highest BCUT2D eigenvalue weighted by atomic mass is 32.2. The standard InChI is InChI=1S/C21H29N3O3S/c1-5-14-24(16-17-10-7-6-8-11-17)20(25)22-18-12-9-13-19(15-18)28(26,27)23-21(2,3)4/h6-13,15,23H,5,14,16H2,1-4H3,(H,22,25). The first-order chi connectivity index (χ1) is 13.1. The molecular weight excluding hydrogens is 374 g/mol. The van der Waals surface area contributed by atoms with Crippen molar-refractivity contribution in [3.63, 3.8) is 0 Å². The van der Waals surface area contributed by atoms with Gasteiger partial charge in [0.15, 0.2) is 0 Å². The van der Waals surface area contributed by atoms with E-state index in [0.29, 0.717) is 18.8 Å². The van der Waals surface area contributed by atoms with Gasteiger partial charge in [-0.1, -0.05) is 43.3 Å². The molecule has 0 aliphatic rings. The molecule has 0 fully saturated rings. The summed E-state index contributed by atoms with van der Waals surface area (Å²) in [5, 5.41) is 2.82. The summed E-state index contributed by atoms with van der Waals surface area (Å²) in [7, 11) is -3.67. The molecule has 0 heterocycles. The number of hydrogen-bond acceptors (Lipinski definition) is 3. The molecule has 2 amide bonds. The van der Waals surface area contributed by atoms with Gasteiger partial charge in [-0.3, -0.25) is 0 Å². The van der Waals surface area contributed by atoms with E-state index in [-0.39, 0.29) is 10.9 Å². The van der Waals surface area contributed by atoms with E-state index in [1.807, 2.05) is 37.3 Å². The monoisotopic (exact) mass is 403 g/mol. The van der Waals surface area contributed by atoms with Crippen LogP contribution in [-0.4, -0.2) is 31.4 Å². The van der Waals surface area contributed by atoms with E-state index >= 15 is 0 Å². The van der Waals surface area contributed by atoms with Crippen LogP contribution in [-0.2, 0) is 16.6 Å². The van der Waals surface area contributed by atoms with Crippen molar-refractivity contribution in [3.8, 4) is 0 Å². The van der Waals surface area contributed by atoms with Gasteiger partial charge in [0.25, 0.3) is 0 Å². The fraction of sp³-hybridized carbons (Fsp3) is 0.381. The fourth-order valence-electron chi connectivity index (χ4n) is 2.73. The molecule has 0 spiro atoms. The average Bonchev–Trinajstić information content (AvgIpc) is 2.60. The maximum Gasteiger partial charge on any atom is 0.322 e. The van der Waals surface area contributed by atoms with E-state index in [9.17, 15) is 13.2 Å². The number of urea groups is 1. The highest BCUT2D eigenvalue weighted by molar-refractivity contribution is 7.89. The van der Waals surface area contributed by atoms with Gasteiger partial charge in [0, 0.05) is 24.3 Å². The lowest BCUT2D eigenvalue weighted by Crippen LogP contribution is -2.40. The first-order valence-corrected chi connectivity index (χ1v) is 10.8. The Hall–Kier alpha value is -2.38. The third kappa shape index (κ3) is 6.65. The van der Waals surface area contributed by atoms with Crippen molar-refractivity contribution < 1.29 is 13.2 Å². The molecule has 2 aromatic rings. The molecule has 0 unspecified atom stereocenters. The number of anilines is 1. The van der Waals surface area contributed by atoms with Crippen molar-refractivity contribution in [1.82, 2.24) is 9.62 Å². The predicted molar refractivity (Wildman–Crippen MR) is 113 cm³/mol. The number of rotatable bonds is 7. The van der Waals surface area contributed by atoms with Crippen LogP contribution in [0.4, 0.5) is 10.5 Å². The molecule has 0 bridgehead atoms. The van der Waals surface area contributed by atoms with E-state index < -0.39 is 15.6 Å². The summed E-state index contributed by atoms with van der Waals surface area (Å²) in [6, 6.07) is 15.8. The first kappa shape index (κ1) is 21.9. The SMILES string of the molecule is CCCN(Cc1ccccc1)C(=O)Nc1cccc(S(=O)(=O)NC(C)(C)C)c1. The summed E-state index contributed by atoms with van der Waals surface area (Å²) in [4.78, 5) is 14.6. The molecular formula is C21H29N3O3S. The van der Waals surface area contributed by atoms with Crippen LogP contribution in [0, 0.1) is 0 Å². The van der Waals surface area contributed by atoms with Crippen molar-refractivity contribution in [2.45, 2.75) is 51.1 Å². The molecule has 2 N–H and O–H groups in total. The summed E-state index contributed by atoms with van der Waals surface area (Å²) >= 11 is 0. The number of carbonyl (C=O) groups excluding carboxylic acids is 1. The molecule has 0 radical (unpaired) electrons. The van der Waals surface area contributed by atoms with Gasteiger partial charge in [0.2, 0.25) is 10.0 Å². The van der Waals surface area contributed by atoms with E-state index in [2.05, 4.69) is 10.0 Å². The number of nitrogens with zero attached hydrogens (tertiary/aromatic N) is 1. The predicted octanol–water partition coefficient (Wildman–Crippen LogP) is 4.21. The largest absolute Gasteiger partial charge is 0.322 e. The van der Waals surface area contributed by atoms with Gasteiger partial charge < -0.3 is 10.2 Å². The molecule has 28 heavy (non-hydrogen) atoms. The number of benzene rings is 2. The molecule has 7 heteroatoms. The molecule has 2 rings (SSSR count). The Balaban J connectivity index is 2.16. The van der Waals surface area contributed by atoms with Gasteiger partial charge in [-0.05, 0) is 51.0 Å². The second-order valence-electron chi connectivity index (χ2n) is 7.72. The van der Waals surface area contributed by atoms with Crippen LogP contribution in [0.5, 0.6) is 0 Å². The van der Waals surface area contributed by atoms with Gasteiger partial charge >= 0.3 is 6.03 Å². The summed E-state index contributed by atoms with van der Waals surface area (Å²) in [6.45, 7) is 8.44. The lowest BCUT2D eigenvalue weighted by atomic mass is 10.1. The molecule has 0 saturated heterocycles. The zero-order chi connectivity index (χ0) is 20.8. The van der Waals surface area contributed by atoms with Crippen molar-refractivity contribution >= 4 is 21.7 Å². The second-order valence-corrected chi connectivity index (χ2v) is 9.40. The summed E-state index contributed by atoms with van der Waals surface area (Å²) in [6.07, 6.45) is 0.824. The molecule has 0 aliphatic heterocycles. The fourth-order valence-corrected chi connectivity index (χ4v) is 4.20. The third-order valence-corrected chi connectivity index (χ3v) is 5.59. The number of carbonyl (C=O) groups is 1. The maximum atomic E-state index is 12.7. The number of nitrogens with one attached hydrogen (secondary N) is 2. The Morgan fingerprint density at radius 1 is 1.04 bits per heavy atom. The highest BCUT2D eigenvalue weighted by Gasteiger charge is 2.22. The van der Waals surface area contributed by atoms with Crippen LogP contribution in [0.1, 0.15) is 39.7 Å². The van der Waals surface area contributed by atoms with Crippen LogP contribution >= 0.6 is 0 Å². The molecule has 0 atom stereocenters. The first-order valence-electron chi connectivity index (χ1n) is 9.34. The van der Waals surface area contributed by atoms with Gasteiger partial charge in [-0.25, -0.2) is 17.9 Å². The van der Waals surface area contributed by atoms with E-state index in [1.165, 1.54) is 12.1 Å². The second kappa shape index (κ2) is 9.21. The van der Waals surface area contributed by atoms with Crippen LogP contribution in [0.2, 0.25) is 0 Å². The Kier molecular flexibility index (Phi) is 7.21. The van der Waals surface area contributed by atoms with Crippen LogP contribution in [0.15, 0.2) is 59.5 Å². The number of hydrogen-bond donors (Lipinski definition) is 2. The maximum absolute atomic E-state index is 12.7. The van der Waals surface area contributed by atoms with Gasteiger partial charge in [-0.15, -0.1) is 0 Å². The quantitative estimate of drug-likeness (QED) is 0.727. The van der Waals surface area contributed by atoms with Crippen molar-refractivity contribution in [1.29, 1.82) is 0 Å². The topological polar surface area (TPSA) is 78.5 Å². The minimum absolute atomic E-state index is 0.116. The molecule has 152 valence electrons. The summed E-state index contributed by atoms with van der Waals surface area (Å²) < 4.78 is 27.7. The Morgan fingerprint density at radius 2 is 1.71 bits per heavy atom. The Bertz CT molecular complexity index is 891. The average molecular weight is 404 g/mol. The van der Waals surface area contributed by atoms with Gasteiger partial charge in [-0.2, -0.15) is 0 Å². The summed E-state index contributed by atoms with van der Waals surface area (Å²) in [5.74, 6) is 0. The van der Waals surface area contributed by atoms with E-state index in [0.717, 1.165) is 12.0 Å². The van der Waals surface area contributed by atoms with Crippen LogP contribution < -0.4 is 10.0 Å². The van der Waals surface area contributed by atoms with Crippen molar-refractivity contribution in [2.75, 3.05) is 11.9 Å². The van der Waals surface area contributed by atoms with E-state index in [4.69, 9.17) is 0 Å². The van der Waals surface area contributed by atoms with Crippen molar-refractivity contribution in [2.24, 2.45) is 0 Å². The summed E-state index contributed by atoms with van der Waals surface area (Å²) in [5.41, 5.74) is 0.888. The number of sulfonamides is 1. The molecule has 2 aromatic carbocycles. The van der Waals surface area contributed by atoms with Gasteiger partial charge in [0.1, 0.15) is 0 Å². The molecule has 0 aliphatic carbocycles. The zero-order valence-electron chi connectivity index (χ0n) is 16.9. The third-order valence-electron chi connectivity index (χ3n) is 3.83.